The van der Waals surface area contributed by atoms with E-state index in [1.807, 2.05) is 54.6 Å². The number of hydrogen-bond donors (Lipinski definition) is 6. The van der Waals surface area contributed by atoms with Crippen LogP contribution in [0.15, 0.2) is 60.8 Å². The summed E-state index contributed by atoms with van der Waals surface area (Å²) in [6.45, 7) is 1.79. The predicted molar refractivity (Wildman–Crippen MR) is 161 cm³/mol. The molecule has 2 aliphatic rings. The Kier molecular flexibility index (Phi) is 9.12. The maximum absolute atomic E-state index is 14.1. The van der Waals surface area contributed by atoms with Gasteiger partial charge in [0.15, 0.2) is 0 Å². The van der Waals surface area contributed by atoms with E-state index in [4.69, 9.17) is 11.5 Å². The summed E-state index contributed by atoms with van der Waals surface area (Å²) in [4.78, 5) is 58.0. The van der Waals surface area contributed by atoms with E-state index in [1.165, 1.54) is 6.92 Å². The number of aliphatic hydroxyl groups is 1. The minimum absolute atomic E-state index is 0.0412. The van der Waals surface area contributed by atoms with Crippen molar-refractivity contribution in [2.75, 3.05) is 6.54 Å². The van der Waals surface area contributed by atoms with Crippen molar-refractivity contribution in [1.82, 2.24) is 20.5 Å². The van der Waals surface area contributed by atoms with E-state index in [1.54, 1.807) is 11.1 Å². The smallest absolute Gasteiger partial charge is 0.243 e. The van der Waals surface area contributed by atoms with E-state index in [0.717, 1.165) is 41.3 Å². The summed E-state index contributed by atoms with van der Waals surface area (Å²) in [5.41, 5.74) is 14.4. The molecule has 43 heavy (non-hydrogen) atoms. The third-order valence-corrected chi connectivity index (χ3v) is 8.88. The van der Waals surface area contributed by atoms with Crippen molar-refractivity contribution in [3.8, 4) is 0 Å². The highest BCUT2D eigenvalue weighted by Crippen LogP contribution is 2.42. The van der Waals surface area contributed by atoms with E-state index in [2.05, 4.69) is 15.6 Å². The Morgan fingerprint density at radius 3 is 2.47 bits per heavy atom. The molecular weight excluding hydrogens is 548 g/mol. The summed E-state index contributed by atoms with van der Waals surface area (Å²) in [5.74, 6) is -2.15. The number of nitrogens with one attached hydrogen (secondary N) is 3. The van der Waals surface area contributed by atoms with Gasteiger partial charge in [-0.2, -0.15) is 0 Å². The quantitative estimate of drug-likeness (QED) is 0.192. The van der Waals surface area contributed by atoms with Crippen molar-refractivity contribution in [3.63, 3.8) is 0 Å². The molecule has 7 atom stereocenters. The van der Waals surface area contributed by atoms with Crippen molar-refractivity contribution in [2.24, 2.45) is 23.3 Å². The lowest BCUT2D eigenvalue weighted by Crippen LogP contribution is -2.60. The second-order valence-electron chi connectivity index (χ2n) is 11.8. The Morgan fingerprint density at radius 1 is 1.02 bits per heavy atom. The number of benzene rings is 2. The molecular formula is C32H40N6O5. The molecule has 228 valence electrons. The summed E-state index contributed by atoms with van der Waals surface area (Å²) in [5, 5.41) is 16.4. The van der Waals surface area contributed by atoms with E-state index in [0.29, 0.717) is 13.0 Å². The van der Waals surface area contributed by atoms with Gasteiger partial charge in [0.1, 0.15) is 18.1 Å². The molecule has 2 unspecified atom stereocenters. The second-order valence-corrected chi connectivity index (χ2v) is 11.8. The number of fused-ring (bicyclic) bond motifs is 2. The monoisotopic (exact) mass is 588 g/mol. The first-order valence-corrected chi connectivity index (χ1v) is 14.9. The standard InChI is InChI=1S/C32H40N6O5/c1-18(39)27(29(34)40)37-30(41)26(15-21-16-35-25-13-6-5-11-22(21)25)36-31(42)28-23-12-7-10-20(23)17-38(28)32(43)24(33)14-19-8-3-2-4-9-19/h2-6,8-9,11,13,16,18,20,23-24,26-28,35,39H,7,10,12,14-15,17,33H2,1H3,(H2,34,40)(H,36,42)(H,37,41)/t18-,20?,23?,24+,26+,27+,28+/m1/s1. The molecule has 1 saturated carbocycles. The average Bonchev–Trinajstić information content (AvgIpc) is 3.70. The van der Waals surface area contributed by atoms with Gasteiger partial charge in [0.25, 0.3) is 0 Å². The fraction of sp³-hybridized carbons (Fsp3) is 0.438. The zero-order valence-corrected chi connectivity index (χ0v) is 24.2. The van der Waals surface area contributed by atoms with Gasteiger partial charge in [-0.3, -0.25) is 19.2 Å². The van der Waals surface area contributed by atoms with Crippen molar-refractivity contribution in [2.45, 2.75) is 69.3 Å². The average molecular weight is 589 g/mol. The molecule has 0 radical (unpaired) electrons. The fourth-order valence-corrected chi connectivity index (χ4v) is 6.71. The number of amides is 4. The molecule has 0 spiro atoms. The number of carbonyl (C=O) groups is 4. The Balaban J connectivity index is 1.39. The Morgan fingerprint density at radius 2 is 1.74 bits per heavy atom. The molecule has 2 aromatic carbocycles. The third kappa shape index (κ3) is 6.57. The SMILES string of the molecule is C[C@@H](O)[C@H](NC(=O)[C@H](Cc1c[nH]c2ccccc12)NC(=O)[C@@H]1C2CCCC2CN1C(=O)[C@@H](N)Cc1ccccc1)C(N)=O. The van der Waals surface area contributed by atoms with Gasteiger partial charge in [0.2, 0.25) is 23.6 Å². The first-order chi connectivity index (χ1) is 20.6. The lowest BCUT2D eigenvalue weighted by molar-refractivity contribution is -0.141. The van der Waals surface area contributed by atoms with E-state index in [9.17, 15) is 24.3 Å². The number of aliphatic hydroxyl groups excluding tert-OH is 1. The first kappa shape index (κ1) is 30.2. The summed E-state index contributed by atoms with van der Waals surface area (Å²) in [6, 6.07) is 13.1. The molecule has 1 aliphatic carbocycles. The van der Waals surface area contributed by atoms with E-state index >= 15 is 0 Å². The number of aromatic nitrogens is 1. The number of carbonyl (C=O) groups excluding carboxylic acids is 4. The fourth-order valence-electron chi connectivity index (χ4n) is 6.71. The van der Waals surface area contributed by atoms with Gasteiger partial charge in [0.05, 0.1) is 12.1 Å². The number of likely N-dealkylation sites (tertiary alicyclic amines) is 1. The maximum atomic E-state index is 14.1. The predicted octanol–water partition coefficient (Wildman–Crippen LogP) is 0.743. The zero-order valence-electron chi connectivity index (χ0n) is 24.2. The number of para-hydroxylation sites is 1. The van der Waals surface area contributed by atoms with Crippen LogP contribution in [0.3, 0.4) is 0 Å². The second kappa shape index (κ2) is 13.0. The first-order valence-electron chi connectivity index (χ1n) is 14.9. The van der Waals surface area contributed by atoms with Crippen LogP contribution in [0.1, 0.15) is 37.3 Å². The largest absolute Gasteiger partial charge is 0.391 e. The Bertz CT molecular complexity index is 1470. The van der Waals surface area contributed by atoms with Crippen LogP contribution < -0.4 is 22.1 Å². The van der Waals surface area contributed by atoms with E-state index < -0.39 is 48.0 Å². The van der Waals surface area contributed by atoms with Gasteiger partial charge in [-0.25, -0.2) is 0 Å². The molecule has 2 heterocycles. The van der Waals surface area contributed by atoms with Crippen molar-refractivity contribution in [3.05, 3.63) is 71.9 Å². The molecule has 2 fully saturated rings. The minimum atomic E-state index is -1.34. The number of nitrogens with two attached hydrogens (primary N) is 2. The summed E-state index contributed by atoms with van der Waals surface area (Å²) in [7, 11) is 0. The van der Waals surface area contributed by atoms with Gasteiger partial charge in [-0.05, 0) is 55.2 Å². The topological polar surface area (TPSA) is 184 Å². The number of rotatable bonds is 11. The normalized spacial score (nSPS) is 22.4. The Hall–Kier alpha value is -4.22. The molecule has 8 N–H and O–H groups in total. The number of H-pyrrole nitrogens is 1. The molecule has 1 aliphatic heterocycles. The van der Waals surface area contributed by atoms with Gasteiger partial charge in [-0.1, -0.05) is 55.0 Å². The zero-order chi connectivity index (χ0) is 30.7. The molecule has 1 saturated heterocycles. The molecule has 4 amide bonds. The lowest BCUT2D eigenvalue weighted by atomic mass is 9.92. The van der Waals surface area contributed by atoms with Crippen LogP contribution in [0.25, 0.3) is 10.9 Å². The van der Waals surface area contributed by atoms with Crippen LogP contribution in [-0.2, 0) is 32.0 Å². The van der Waals surface area contributed by atoms with Crippen molar-refractivity contribution >= 4 is 34.5 Å². The van der Waals surface area contributed by atoms with Crippen LogP contribution in [0, 0.1) is 11.8 Å². The van der Waals surface area contributed by atoms with Crippen LogP contribution in [0.5, 0.6) is 0 Å². The molecule has 5 rings (SSSR count). The van der Waals surface area contributed by atoms with Gasteiger partial charge >= 0.3 is 0 Å². The molecule has 1 aromatic heterocycles. The molecule has 11 nitrogen and oxygen atoms in total. The highest BCUT2D eigenvalue weighted by molar-refractivity contribution is 5.96. The highest BCUT2D eigenvalue weighted by atomic mass is 16.3. The molecule has 3 aromatic rings. The third-order valence-electron chi connectivity index (χ3n) is 8.88. The summed E-state index contributed by atoms with van der Waals surface area (Å²) in [6.07, 6.45) is 3.67. The summed E-state index contributed by atoms with van der Waals surface area (Å²) >= 11 is 0. The van der Waals surface area contributed by atoms with Crippen LogP contribution in [0.4, 0.5) is 0 Å². The Labute approximate surface area is 250 Å². The summed E-state index contributed by atoms with van der Waals surface area (Å²) < 4.78 is 0. The molecule has 11 heteroatoms. The van der Waals surface area contributed by atoms with Gasteiger partial charge in [0, 0.05) is 30.1 Å². The van der Waals surface area contributed by atoms with Crippen molar-refractivity contribution in [1.29, 1.82) is 0 Å². The molecule has 0 bridgehead atoms. The maximum Gasteiger partial charge on any atom is 0.243 e. The van der Waals surface area contributed by atoms with Gasteiger partial charge < -0.3 is 37.1 Å². The lowest BCUT2D eigenvalue weighted by Gasteiger charge is -2.31. The van der Waals surface area contributed by atoms with E-state index in [-0.39, 0.29) is 24.2 Å². The number of primary amides is 1. The van der Waals surface area contributed by atoms with Crippen LogP contribution in [0.2, 0.25) is 0 Å². The number of hydrogen-bond acceptors (Lipinski definition) is 6. The van der Waals surface area contributed by atoms with Gasteiger partial charge in [-0.15, -0.1) is 0 Å². The minimum Gasteiger partial charge on any atom is -0.391 e. The van der Waals surface area contributed by atoms with Crippen molar-refractivity contribution < 1.29 is 24.3 Å². The number of aromatic amines is 1. The van der Waals surface area contributed by atoms with Crippen LogP contribution in [-0.4, -0.2) is 75.4 Å². The number of nitrogens with zero attached hydrogens (tertiary/aromatic N) is 1. The highest BCUT2D eigenvalue weighted by Gasteiger charge is 2.50. The van der Waals surface area contributed by atoms with Crippen LogP contribution >= 0.6 is 0 Å².